The molecule has 0 aliphatic carbocycles. The fourth-order valence-electron chi connectivity index (χ4n) is 6.97. The average Bonchev–Trinajstić information content (AvgIpc) is 3.74. The summed E-state index contributed by atoms with van der Waals surface area (Å²) in [5.74, 6) is -12.2. The van der Waals surface area contributed by atoms with Crippen molar-refractivity contribution in [2.75, 3.05) is 6.54 Å². The molecule has 9 atom stereocenters. The average molecular weight is 943 g/mol. The Bertz CT molecular complexity index is 2130. The first kappa shape index (κ1) is 54.0. The second-order valence-corrected chi connectivity index (χ2v) is 16.4. The van der Waals surface area contributed by atoms with Crippen molar-refractivity contribution in [3.05, 3.63) is 59.7 Å². The molecule has 7 amide bonds. The number of phenolic OH excluding ortho intramolecular Hbond substituents is 2. The summed E-state index contributed by atoms with van der Waals surface area (Å²) in [6, 6.07) is -1.17. The Hall–Kier alpha value is -7.34. The number of nitrogens with two attached hydrogens (primary N) is 1. The van der Waals surface area contributed by atoms with Crippen molar-refractivity contribution in [1.82, 2.24) is 36.8 Å². The SMILES string of the molecule is CC(C)[C@H](NC(=O)[C@H](CC(=O)O)NC(=O)[C@H](C)NC(=O)[C@@H]1CCCN1C(=O)[C@@H](N)CC(=O)O)C(=O)N[C@@H](Cc1ccc(O)cc1)C(=O)N[C@@H](Cc1ccc(O)cc1)C(=O)N[C@H](C(=O)O)[C@@H](C)O. The van der Waals surface area contributed by atoms with E-state index in [1.807, 2.05) is 0 Å². The van der Waals surface area contributed by atoms with Crippen LogP contribution in [0.1, 0.15) is 64.5 Å². The van der Waals surface area contributed by atoms with Crippen LogP contribution >= 0.6 is 0 Å². The molecule has 24 nitrogen and oxygen atoms in total. The fourth-order valence-corrected chi connectivity index (χ4v) is 6.97. The van der Waals surface area contributed by atoms with Crippen LogP contribution in [0, 0.1) is 5.92 Å². The van der Waals surface area contributed by atoms with Gasteiger partial charge in [-0.1, -0.05) is 38.1 Å². The highest BCUT2D eigenvalue weighted by Crippen LogP contribution is 2.20. The summed E-state index contributed by atoms with van der Waals surface area (Å²) in [5, 5.41) is 72.2. The zero-order chi connectivity index (χ0) is 50.3. The minimum atomic E-state index is -1.83. The van der Waals surface area contributed by atoms with Gasteiger partial charge in [-0.2, -0.15) is 0 Å². The number of carboxylic acids is 3. The highest BCUT2D eigenvalue weighted by Gasteiger charge is 2.39. The zero-order valence-electron chi connectivity index (χ0n) is 37.1. The molecule has 0 spiro atoms. The van der Waals surface area contributed by atoms with E-state index < -0.39 is 132 Å². The Kier molecular flexibility index (Phi) is 20.0. The molecular formula is C43H58N8O16. The summed E-state index contributed by atoms with van der Waals surface area (Å²) < 4.78 is 0. The van der Waals surface area contributed by atoms with E-state index >= 15 is 0 Å². The number of nitrogens with zero attached hydrogens (tertiary/aromatic N) is 1. The number of aliphatic hydroxyl groups is 1. The van der Waals surface area contributed by atoms with Crippen molar-refractivity contribution in [3.8, 4) is 11.5 Å². The summed E-state index contributed by atoms with van der Waals surface area (Å²) in [7, 11) is 0. The number of carboxylic acid groups (broad SMARTS) is 3. The molecule has 3 rings (SSSR count). The van der Waals surface area contributed by atoms with Gasteiger partial charge in [-0.15, -0.1) is 0 Å². The fraction of sp³-hybridized carbons (Fsp3) is 0.488. The minimum absolute atomic E-state index is 0.0942. The van der Waals surface area contributed by atoms with Gasteiger partial charge < -0.3 is 73.2 Å². The number of aliphatic carboxylic acids is 3. The van der Waals surface area contributed by atoms with Gasteiger partial charge in [0.2, 0.25) is 41.4 Å². The monoisotopic (exact) mass is 942 g/mol. The quantitative estimate of drug-likeness (QED) is 0.0506. The number of nitrogens with one attached hydrogen (secondary N) is 6. The summed E-state index contributed by atoms with van der Waals surface area (Å²) in [5.41, 5.74) is 6.50. The number of aliphatic hydroxyl groups excluding tert-OH is 1. The van der Waals surface area contributed by atoms with Crippen LogP contribution in [0.2, 0.25) is 0 Å². The first-order chi connectivity index (χ1) is 31.4. The van der Waals surface area contributed by atoms with E-state index in [2.05, 4.69) is 31.9 Å². The maximum absolute atomic E-state index is 14.1. The normalized spacial score (nSPS) is 16.9. The molecule has 0 saturated carbocycles. The highest BCUT2D eigenvalue weighted by atomic mass is 16.4. The molecule has 1 aliphatic heterocycles. The number of likely N-dealkylation sites (tertiary alicyclic amines) is 1. The summed E-state index contributed by atoms with van der Waals surface area (Å²) in [4.78, 5) is 131. The van der Waals surface area contributed by atoms with Crippen molar-refractivity contribution in [1.29, 1.82) is 0 Å². The van der Waals surface area contributed by atoms with Crippen molar-refractivity contribution in [2.24, 2.45) is 11.7 Å². The number of hydrogen-bond donors (Lipinski definition) is 13. The lowest BCUT2D eigenvalue weighted by molar-refractivity contribution is -0.145. The number of phenols is 2. The predicted octanol–water partition coefficient (Wildman–Crippen LogP) is -2.80. The van der Waals surface area contributed by atoms with E-state index in [1.54, 1.807) is 0 Å². The molecule has 1 heterocycles. The van der Waals surface area contributed by atoms with Crippen LogP contribution in [-0.2, 0) is 60.8 Å². The molecule has 24 heteroatoms. The molecule has 1 saturated heterocycles. The maximum Gasteiger partial charge on any atom is 0.328 e. The second kappa shape index (κ2) is 24.8. The lowest BCUT2D eigenvalue weighted by Crippen LogP contribution is -2.61. The number of hydrogen-bond acceptors (Lipinski definition) is 14. The van der Waals surface area contributed by atoms with Crippen LogP contribution in [0.3, 0.4) is 0 Å². The van der Waals surface area contributed by atoms with E-state index in [-0.39, 0.29) is 37.3 Å². The predicted molar refractivity (Wildman–Crippen MR) is 232 cm³/mol. The molecule has 0 radical (unpaired) electrons. The number of rotatable bonds is 24. The number of carbonyl (C=O) groups is 10. The molecule has 366 valence electrons. The number of carbonyl (C=O) groups excluding carboxylic acids is 7. The van der Waals surface area contributed by atoms with E-state index in [9.17, 15) is 73.5 Å². The van der Waals surface area contributed by atoms with Crippen molar-refractivity contribution < 1.29 is 78.6 Å². The smallest absolute Gasteiger partial charge is 0.328 e. The molecule has 2 aromatic carbocycles. The standard InChI is InChI=1S/C43H58N8O16/c1-20(2)34(49-39(62)30(19-33(57)58)46-36(59)21(3)45-40(63)31-6-5-15-51(31)42(65)27(44)18-32(55)56)41(64)48-28(16-23-7-11-25(53)12-8-23)37(60)47-29(17-24-9-13-26(54)14-10-24)38(61)50-35(22(4)52)43(66)67/h7-14,20-22,27-31,34-35,52-54H,5-6,15-19,44H2,1-4H3,(H,45,63)(H,46,59)(H,47,60)(H,48,64)(H,49,62)(H,50,61)(H,55,56)(H,57,58)(H,66,67)/t21-,22+,27-,28-,29-,30-,31-,34-,35-/m0/s1. The molecule has 0 unspecified atom stereocenters. The van der Waals surface area contributed by atoms with Crippen molar-refractivity contribution in [3.63, 3.8) is 0 Å². The Morgan fingerprint density at radius 1 is 0.612 bits per heavy atom. The third kappa shape index (κ3) is 16.6. The largest absolute Gasteiger partial charge is 0.508 e. The number of benzene rings is 2. The van der Waals surface area contributed by atoms with Crippen molar-refractivity contribution >= 4 is 59.3 Å². The molecule has 1 aliphatic rings. The van der Waals surface area contributed by atoms with Crippen LogP contribution in [0.4, 0.5) is 0 Å². The van der Waals surface area contributed by atoms with Gasteiger partial charge in [0.25, 0.3) is 0 Å². The zero-order valence-corrected chi connectivity index (χ0v) is 37.1. The third-order valence-corrected chi connectivity index (χ3v) is 10.6. The van der Waals surface area contributed by atoms with Crippen LogP contribution in [0.5, 0.6) is 11.5 Å². The first-order valence-corrected chi connectivity index (χ1v) is 21.2. The Balaban J connectivity index is 1.84. The van der Waals surface area contributed by atoms with Crippen LogP contribution in [-0.4, -0.2) is 156 Å². The molecule has 14 N–H and O–H groups in total. The first-order valence-electron chi connectivity index (χ1n) is 21.2. The summed E-state index contributed by atoms with van der Waals surface area (Å²) >= 11 is 0. The molecule has 67 heavy (non-hydrogen) atoms. The molecule has 0 aromatic heterocycles. The van der Waals surface area contributed by atoms with E-state index in [0.717, 1.165) is 11.8 Å². The number of aromatic hydroxyl groups is 2. The van der Waals surface area contributed by atoms with Crippen LogP contribution in [0.15, 0.2) is 48.5 Å². The van der Waals surface area contributed by atoms with Gasteiger partial charge in [-0.05, 0) is 68.0 Å². The number of amides is 7. The summed E-state index contributed by atoms with van der Waals surface area (Å²) in [6.45, 7) is 5.46. The third-order valence-electron chi connectivity index (χ3n) is 10.6. The topological polar surface area (TPSA) is 394 Å². The maximum atomic E-state index is 14.1. The van der Waals surface area contributed by atoms with Gasteiger partial charge in [-0.3, -0.25) is 43.2 Å². The summed E-state index contributed by atoms with van der Waals surface area (Å²) in [6.07, 6.45) is -3.25. The van der Waals surface area contributed by atoms with Gasteiger partial charge in [0.1, 0.15) is 47.8 Å². The Labute approximate surface area is 384 Å². The minimum Gasteiger partial charge on any atom is -0.508 e. The van der Waals surface area contributed by atoms with Gasteiger partial charge in [0, 0.05) is 19.4 Å². The second-order valence-electron chi connectivity index (χ2n) is 16.4. The van der Waals surface area contributed by atoms with Gasteiger partial charge in [-0.25, -0.2) is 4.79 Å². The molecule has 1 fully saturated rings. The lowest BCUT2D eigenvalue weighted by atomic mass is 9.99. The lowest BCUT2D eigenvalue weighted by Gasteiger charge is -2.29. The van der Waals surface area contributed by atoms with Gasteiger partial charge in [0.05, 0.1) is 25.0 Å². The molecular weight excluding hydrogens is 885 g/mol. The Morgan fingerprint density at radius 2 is 1.06 bits per heavy atom. The van der Waals surface area contributed by atoms with E-state index in [4.69, 9.17) is 10.8 Å². The Morgan fingerprint density at radius 3 is 1.52 bits per heavy atom. The van der Waals surface area contributed by atoms with E-state index in [1.165, 1.54) is 69.3 Å². The highest BCUT2D eigenvalue weighted by molar-refractivity contribution is 5.99. The molecule has 2 aromatic rings. The van der Waals surface area contributed by atoms with Crippen LogP contribution in [0.25, 0.3) is 0 Å². The molecule has 0 bridgehead atoms. The van der Waals surface area contributed by atoms with E-state index in [0.29, 0.717) is 17.5 Å². The van der Waals surface area contributed by atoms with Gasteiger partial charge >= 0.3 is 17.9 Å². The van der Waals surface area contributed by atoms with Crippen LogP contribution < -0.4 is 37.6 Å². The van der Waals surface area contributed by atoms with Crippen molar-refractivity contribution in [2.45, 2.75) is 121 Å². The van der Waals surface area contributed by atoms with Gasteiger partial charge in [0.15, 0.2) is 6.04 Å².